The van der Waals surface area contributed by atoms with Gasteiger partial charge in [-0.1, -0.05) is 35.9 Å². The van der Waals surface area contributed by atoms with E-state index in [0.29, 0.717) is 77.7 Å². The van der Waals surface area contributed by atoms with Crippen LogP contribution in [0.2, 0.25) is 5.02 Å². The minimum Gasteiger partial charge on any atom is -0.434 e. The van der Waals surface area contributed by atoms with Crippen LogP contribution in [0.4, 0.5) is 24.7 Å². The number of alkyl halides is 2. The lowest BCUT2D eigenvalue weighted by Crippen LogP contribution is -2.44. The predicted molar refractivity (Wildman–Crippen MR) is 194 cm³/mol. The summed E-state index contributed by atoms with van der Waals surface area (Å²) in [6.45, 7) is 2.86. The van der Waals surface area contributed by atoms with Gasteiger partial charge in [0.25, 0.3) is 0 Å². The Morgan fingerprint density at radius 2 is 1.83 bits per heavy atom. The van der Waals surface area contributed by atoms with E-state index >= 15 is 4.39 Å². The average Bonchev–Trinajstić information content (AvgIpc) is 3.54. The zero-order valence-corrected chi connectivity index (χ0v) is 29.7. The summed E-state index contributed by atoms with van der Waals surface area (Å²) in [5.41, 5.74) is 4.68. The Labute approximate surface area is 305 Å². The van der Waals surface area contributed by atoms with Gasteiger partial charge in [0.05, 0.1) is 10.7 Å². The molecule has 274 valence electrons. The zero-order valence-electron chi connectivity index (χ0n) is 28.9. The van der Waals surface area contributed by atoms with Gasteiger partial charge in [-0.3, -0.25) is 14.6 Å². The van der Waals surface area contributed by atoms with Gasteiger partial charge in [0, 0.05) is 98.5 Å². The van der Waals surface area contributed by atoms with Gasteiger partial charge in [0.15, 0.2) is 11.6 Å². The molecule has 52 heavy (non-hydrogen) atoms. The highest BCUT2D eigenvalue weighted by atomic mass is 35.5. The highest BCUT2D eigenvalue weighted by molar-refractivity contribution is 6.35. The first-order valence-electron chi connectivity index (χ1n) is 17.3. The summed E-state index contributed by atoms with van der Waals surface area (Å²) in [4.78, 5) is 33.7. The number of likely N-dealkylation sites (tertiary alicyclic amines) is 1. The standard InChI is InChI=1S/C38H41ClF3N7O3/c1-22-29(4-3-5-31(22)48-37-35(40)26(10-14-45-37)20-46-27-12-16-49(17-13-27)23(2)50)30-11-15-44-36(34(30)39)24-6-7-25(32(18-24)52-38(41)42)19-43-21-28-8-9-33(51)47-28/h3-7,10-11,14-15,18,27-28,38,43,46H,8-9,12-13,16-17,19-21H2,1-2H3,(H,45,48)(H,47,51). The van der Waals surface area contributed by atoms with Gasteiger partial charge in [-0.25, -0.2) is 9.37 Å². The smallest absolute Gasteiger partial charge is 0.387 e. The molecular weight excluding hydrogens is 695 g/mol. The molecule has 0 radical (unpaired) electrons. The van der Waals surface area contributed by atoms with E-state index in [1.807, 2.05) is 30.0 Å². The molecule has 0 aliphatic carbocycles. The number of carbonyl (C=O) groups is 2. The van der Waals surface area contributed by atoms with Crippen LogP contribution >= 0.6 is 11.6 Å². The van der Waals surface area contributed by atoms with E-state index in [-0.39, 0.29) is 42.0 Å². The maximum absolute atomic E-state index is 15.7. The van der Waals surface area contributed by atoms with Crippen molar-refractivity contribution in [1.82, 2.24) is 30.8 Å². The summed E-state index contributed by atoms with van der Waals surface area (Å²) >= 11 is 6.98. The van der Waals surface area contributed by atoms with Crippen molar-refractivity contribution in [2.75, 3.05) is 25.0 Å². The van der Waals surface area contributed by atoms with Crippen LogP contribution in [-0.2, 0) is 22.7 Å². The lowest BCUT2D eigenvalue weighted by Gasteiger charge is -2.31. The van der Waals surface area contributed by atoms with Crippen molar-refractivity contribution >= 4 is 34.9 Å². The van der Waals surface area contributed by atoms with Crippen LogP contribution in [-0.4, -0.2) is 65.0 Å². The van der Waals surface area contributed by atoms with Crippen molar-refractivity contribution in [2.24, 2.45) is 0 Å². The largest absolute Gasteiger partial charge is 0.434 e. The molecule has 0 bridgehead atoms. The van der Waals surface area contributed by atoms with Gasteiger partial charge in [-0.05, 0) is 61.6 Å². The van der Waals surface area contributed by atoms with E-state index in [0.717, 1.165) is 24.0 Å². The fourth-order valence-corrected chi connectivity index (χ4v) is 6.99. The van der Waals surface area contributed by atoms with Gasteiger partial charge in [-0.15, -0.1) is 0 Å². The number of aromatic nitrogens is 2. The number of carbonyl (C=O) groups excluding carboxylic acids is 2. The van der Waals surface area contributed by atoms with Crippen molar-refractivity contribution in [1.29, 1.82) is 0 Å². The Bertz CT molecular complexity index is 1920. The lowest BCUT2D eigenvalue weighted by molar-refractivity contribution is -0.130. The summed E-state index contributed by atoms with van der Waals surface area (Å²) in [6.07, 6.45) is 5.96. The number of amides is 2. The number of halogens is 4. The van der Waals surface area contributed by atoms with Crippen LogP contribution in [0, 0.1) is 12.7 Å². The topological polar surface area (TPSA) is 121 Å². The van der Waals surface area contributed by atoms with Crippen LogP contribution in [0.15, 0.2) is 60.9 Å². The summed E-state index contributed by atoms with van der Waals surface area (Å²) in [5, 5.41) is 13.0. The molecule has 0 spiro atoms. The number of piperidine rings is 1. The molecule has 0 saturated carbocycles. The first kappa shape index (κ1) is 37.1. The second-order valence-corrected chi connectivity index (χ2v) is 13.4. The summed E-state index contributed by atoms with van der Waals surface area (Å²) < 4.78 is 47.5. The number of anilines is 2. The Balaban J connectivity index is 1.18. The van der Waals surface area contributed by atoms with Gasteiger partial charge in [0.2, 0.25) is 11.8 Å². The van der Waals surface area contributed by atoms with Crippen LogP contribution in [0.1, 0.15) is 49.3 Å². The molecule has 2 aromatic heterocycles. The van der Waals surface area contributed by atoms with Gasteiger partial charge in [0.1, 0.15) is 5.75 Å². The number of rotatable bonds is 13. The quantitative estimate of drug-likeness (QED) is 0.119. The zero-order chi connectivity index (χ0) is 36.8. The van der Waals surface area contributed by atoms with Crippen LogP contribution in [0.5, 0.6) is 5.75 Å². The maximum atomic E-state index is 15.7. The highest BCUT2D eigenvalue weighted by Gasteiger charge is 2.23. The molecule has 2 saturated heterocycles. The van der Waals surface area contributed by atoms with E-state index in [2.05, 4.69) is 31.2 Å². The molecule has 1 unspecified atom stereocenters. The minimum atomic E-state index is -3.04. The second-order valence-electron chi connectivity index (χ2n) is 13.1. The molecule has 2 aliphatic heterocycles. The molecule has 4 N–H and O–H groups in total. The Morgan fingerprint density at radius 3 is 2.56 bits per heavy atom. The van der Waals surface area contributed by atoms with E-state index in [1.54, 1.807) is 43.6 Å². The van der Waals surface area contributed by atoms with Gasteiger partial charge < -0.3 is 30.9 Å². The predicted octanol–water partition coefficient (Wildman–Crippen LogP) is 6.73. The van der Waals surface area contributed by atoms with Crippen molar-refractivity contribution in [3.63, 3.8) is 0 Å². The summed E-state index contributed by atoms with van der Waals surface area (Å²) in [5.74, 6) is -0.313. The first-order chi connectivity index (χ1) is 25.1. The molecule has 2 aromatic carbocycles. The lowest BCUT2D eigenvalue weighted by atomic mass is 9.97. The van der Waals surface area contributed by atoms with Crippen LogP contribution in [0.25, 0.3) is 22.4 Å². The SMILES string of the molecule is CC(=O)N1CCC(NCc2ccnc(Nc3cccc(-c4ccnc(-c5ccc(CNCC6CCC(=O)N6)c(OC(F)F)c5)c4Cl)c3C)c2F)CC1. The number of ether oxygens (including phenoxy) is 1. The van der Waals surface area contributed by atoms with Crippen molar-refractivity contribution in [2.45, 2.75) is 71.3 Å². The Morgan fingerprint density at radius 1 is 1.04 bits per heavy atom. The molecule has 2 amide bonds. The maximum Gasteiger partial charge on any atom is 0.387 e. The van der Waals surface area contributed by atoms with Crippen molar-refractivity contribution in [3.05, 3.63) is 88.5 Å². The summed E-state index contributed by atoms with van der Waals surface area (Å²) in [7, 11) is 0. The van der Waals surface area contributed by atoms with Crippen LogP contribution in [0.3, 0.4) is 0 Å². The van der Waals surface area contributed by atoms with E-state index in [9.17, 15) is 18.4 Å². The molecule has 2 aliphatic rings. The third-order valence-corrected chi connectivity index (χ3v) is 9.99. The number of pyridine rings is 2. The first-order valence-corrected chi connectivity index (χ1v) is 17.7. The molecule has 6 rings (SSSR count). The number of nitrogens with zero attached hydrogens (tertiary/aromatic N) is 3. The molecule has 1 atom stereocenters. The molecule has 10 nitrogen and oxygen atoms in total. The van der Waals surface area contributed by atoms with Crippen LogP contribution < -0.4 is 26.0 Å². The number of nitrogens with one attached hydrogen (secondary N) is 4. The molecule has 14 heteroatoms. The van der Waals surface area contributed by atoms with Crippen molar-refractivity contribution < 1.29 is 27.5 Å². The van der Waals surface area contributed by atoms with Gasteiger partial charge in [-0.2, -0.15) is 8.78 Å². The third-order valence-electron chi connectivity index (χ3n) is 9.60. The second kappa shape index (κ2) is 16.7. The summed E-state index contributed by atoms with van der Waals surface area (Å²) in [6, 6.07) is 14.1. The fraction of sp³-hybridized carbons (Fsp3) is 0.368. The monoisotopic (exact) mass is 735 g/mol. The molecular formula is C38H41ClF3N7O3. The fourth-order valence-electron chi connectivity index (χ4n) is 6.67. The minimum absolute atomic E-state index is 0.00256. The Hall–Kier alpha value is -4.72. The average molecular weight is 736 g/mol. The number of hydrogen-bond donors (Lipinski definition) is 4. The number of benzene rings is 2. The molecule has 2 fully saturated rings. The third kappa shape index (κ3) is 8.83. The van der Waals surface area contributed by atoms with E-state index < -0.39 is 12.4 Å². The van der Waals surface area contributed by atoms with E-state index in [1.165, 1.54) is 6.07 Å². The van der Waals surface area contributed by atoms with E-state index in [4.69, 9.17) is 16.3 Å². The highest BCUT2D eigenvalue weighted by Crippen LogP contribution is 2.40. The molecule has 4 aromatic rings. The Kier molecular flexibility index (Phi) is 11.9. The van der Waals surface area contributed by atoms with Gasteiger partial charge >= 0.3 is 6.61 Å². The van der Waals surface area contributed by atoms with Crippen molar-refractivity contribution in [3.8, 4) is 28.1 Å². The number of hydrogen-bond acceptors (Lipinski definition) is 8. The normalized spacial score (nSPS) is 16.3. The molecule has 4 heterocycles.